The lowest BCUT2D eigenvalue weighted by molar-refractivity contribution is 0.112. The Kier molecular flexibility index (Phi) is 3.63. The van der Waals surface area contributed by atoms with Crippen LogP contribution in [0, 0.1) is 0 Å². The predicted molar refractivity (Wildman–Crippen MR) is 76.1 cm³/mol. The molecule has 1 nitrogen and oxygen atoms in total. The van der Waals surface area contributed by atoms with Gasteiger partial charge in [0.15, 0.2) is 0 Å². The summed E-state index contributed by atoms with van der Waals surface area (Å²) in [5.74, 6) is 0. The molecule has 2 rings (SSSR count). The average Bonchev–Trinajstić information content (AvgIpc) is 2.40. The van der Waals surface area contributed by atoms with Crippen molar-refractivity contribution in [3.8, 4) is 0 Å². The maximum absolute atomic E-state index is 10.5. The Morgan fingerprint density at radius 1 is 0.944 bits per heavy atom. The highest BCUT2D eigenvalue weighted by Gasteiger charge is 2.19. The first-order valence-electron chi connectivity index (χ1n) is 6.12. The molecule has 18 heavy (non-hydrogen) atoms. The van der Waals surface area contributed by atoms with Crippen molar-refractivity contribution < 1.29 is 5.11 Å². The topological polar surface area (TPSA) is 20.2 Å². The van der Waals surface area contributed by atoms with E-state index in [0.717, 1.165) is 16.7 Å². The zero-order valence-electron chi connectivity index (χ0n) is 10.8. The monoisotopic (exact) mass is 238 g/mol. The molecule has 92 valence electrons. The van der Waals surface area contributed by atoms with Gasteiger partial charge in [0.25, 0.3) is 0 Å². The van der Waals surface area contributed by atoms with E-state index in [0.29, 0.717) is 0 Å². The van der Waals surface area contributed by atoms with Crippen LogP contribution >= 0.6 is 0 Å². The highest BCUT2D eigenvalue weighted by molar-refractivity contribution is 5.65. The van der Waals surface area contributed by atoms with E-state index in [1.165, 1.54) is 0 Å². The predicted octanol–water partition coefficient (Wildman–Crippen LogP) is 4.00. The van der Waals surface area contributed by atoms with Crippen LogP contribution in [-0.4, -0.2) is 5.11 Å². The molecule has 0 spiro atoms. The van der Waals surface area contributed by atoms with Crippen LogP contribution in [0.3, 0.4) is 0 Å². The molecule has 2 aromatic carbocycles. The Hall–Kier alpha value is -1.86. The van der Waals surface area contributed by atoms with Crippen LogP contribution in [0.2, 0.25) is 0 Å². The molecule has 0 radical (unpaired) electrons. The van der Waals surface area contributed by atoms with Gasteiger partial charge in [0.05, 0.1) is 0 Å². The molecule has 0 aromatic heterocycles. The van der Waals surface area contributed by atoms with Gasteiger partial charge in [-0.1, -0.05) is 60.7 Å². The van der Waals surface area contributed by atoms with E-state index in [9.17, 15) is 5.11 Å². The van der Waals surface area contributed by atoms with Crippen LogP contribution in [0.25, 0.3) is 5.57 Å². The summed E-state index contributed by atoms with van der Waals surface area (Å²) >= 11 is 0. The third-order valence-corrected chi connectivity index (χ3v) is 3.08. The zero-order valence-corrected chi connectivity index (χ0v) is 10.8. The molecular formula is C17H18O. The van der Waals surface area contributed by atoms with Gasteiger partial charge in [-0.3, -0.25) is 0 Å². The third-order valence-electron chi connectivity index (χ3n) is 3.08. The molecule has 0 bridgehead atoms. The summed E-state index contributed by atoms with van der Waals surface area (Å²) in [7, 11) is 0. The van der Waals surface area contributed by atoms with Crippen molar-refractivity contribution in [2.45, 2.75) is 19.4 Å². The molecule has 2 aromatic rings. The minimum Gasteiger partial charge on any atom is -0.381 e. The SMILES string of the molecule is C/C(=C\C(C)(O)c1ccccc1)c1ccccc1. The number of rotatable bonds is 3. The molecule has 0 saturated carbocycles. The summed E-state index contributed by atoms with van der Waals surface area (Å²) in [5, 5.41) is 10.5. The Morgan fingerprint density at radius 2 is 1.44 bits per heavy atom. The fourth-order valence-corrected chi connectivity index (χ4v) is 2.06. The molecule has 0 aliphatic heterocycles. The summed E-state index contributed by atoms with van der Waals surface area (Å²) in [6.45, 7) is 3.83. The van der Waals surface area contributed by atoms with E-state index in [4.69, 9.17) is 0 Å². The largest absolute Gasteiger partial charge is 0.381 e. The molecule has 0 fully saturated rings. The van der Waals surface area contributed by atoms with Gasteiger partial charge in [0.1, 0.15) is 5.60 Å². The summed E-state index contributed by atoms with van der Waals surface area (Å²) in [5.41, 5.74) is 2.17. The van der Waals surface area contributed by atoms with Crippen molar-refractivity contribution in [3.63, 3.8) is 0 Å². The van der Waals surface area contributed by atoms with E-state index < -0.39 is 5.60 Å². The first-order valence-corrected chi connectivity index (χ1v) is 6.12. The van der Waals surface area contributed by atoms with Gasteiger partial charge in [-0.25, -0.2) is 0 Å². The molecule has 1 heteroatoms. The number of aliphatic hydroxyl groups is 1. The summed E-state index contributed by atoms with van der Waals surface area (Å²) in [6, 6.07) is 19.8. The summed E-state index contributed by atoms with van der Waals surface area (Å²) < 4.78 is 0. The molecule has 1 atom stereocenters. The second kappa shape index (κ2) is 5.19. The van der Waals surface area contributed by atoms with E-state index in [1.807, 2.05) is 80.6 Å². The van der Waals surface area contributed by atoms with Crippen molar-refractivity contribution in [2.75, 3.05) is 0 Å². The lowest BCUT2D eigenvalue weighted by atomic mass is 9.92. The van der Waals surface area contributed by atoms with Gasteiger partial charge in [-0.2, -0.15) is 0 Å². The lowest BCUT2D eigenvalue weighted by Crippen LogP contribution is -2.18. The smallest absolute Gasteiger partial charge is 0.105 e. The van der Waals surface area contributed by atoms with Crippen molar-refractivity contribution >= 4 is 5.57 Å². The first kappa shape index (κ1) is 12.6. The van der Waals surface area contributed by atoms with Gasteiger partial charge in [0.2, 0.25) is 0 Å². The Balaban J connectivity index is 2.32. The van der Waals surface area contributed by atoms with Gasteiger partial charge >= 0.3 is 0 Å². The molecule has 1 unspecified atom stereocenters. The quantitative estimate of drug-likeness (QED) is 0.857. The van der Waals surface area contributed by atoms with Crippen molar-refractivity contribution in [1.29, 1.82) is 0 Å². The van der Waals surface area contributed by atoms with E-state index in [2.05, 4.69) is 0 Å². The van der Waals surface area contributed by atoms with E-state index in [1.54, 1.807) is 0 Å². The zero-order chi connectivity index (χ0) is 13.0. The number of hydrogen-bond donors (Lipinski definition) is 1. The van der Waals surface area contributed by atoms with E-state index in [-0.39, 0.29) is 0 Å². The second-order valence-electron chi connectivity index (χ2n) is 4.71. The van der Waals surface area contributed by atoms with Gasteiger partial charge in [-0.15, -0.1) is 0 Å². The van der Waals surface area contributed by atoms with Gasteiger partial charge < -0.3 is 5.11 Å². The lowest BCUT2D eigenvalue weighted by Gasteiger charge is -2.21. The molecule has 0 aliphatic rings. The molecule has 0 amide bonds. The van der Waals surface area contributed by atoms with Crippen LogP contribution in [0.4, 0.5) is 0 Å². The fraction of sp³-hybridized carbons (Fsp3) is 0.176. The molecular weight excluding hydrogens is 220 g/mol. The molecule has 0 saturated heterocycles. The number of allylic oxidation sites excluding steroid dienone is 1. The molecule has 0 heterocycles. The standard InChI is InChI=1S/C17H18O/c1-14(15-9-5-3-6-10-15)13-17(2,18)16-11-7-4-8-12-16/h3-13,18H,1-2H3/b14-13+. The molecule has 0 aliphatic carbocycles. The second-order valence-corrected chi connectivity index (χ2v) is 4.71. The van der Waals surface area contributed by atoms with Crippen molar-refractivity contribution in [2.24, 2.45) is 0 Å². The Bertz CT molecular complexity index is 524. The van der Waals surface area contributed by atoms with Crippen LogP contribution < -0.4 is 0 Å². The van der Waals surface area contributed by atoms with Crippen LogP contribution in [0.15, 0.2) is 66.7 Å². The Morgan fingerprint density at radius 3 is 2.00 bits per heavy atom. The highest BCUT2D eigenvalue weighted by Crippen LogP contribution is 2.26. The van der Waals surface area contributed by atoms with Gasteiger partial charge in [0, 0.05) is 0 Å². The Labute approximate surface area is 108 Å². The normalized spacial score (nSPS) is 15.2. The number of benzene rings is 2. The summed E-state index contributed by atoms with van der Waals surface area (Å²) in [4.78, 5) is 0. The minimum absolute atomic E-state index is 0.903. The fourth-order valence-electron chi connectivity index (χ4n) is 2.06. The average molecular weight is 238 g/mol. The van der Waals surface area contributed by atoms with Crippen LogP contribution in [0.5, 0.6) is 0 Å². The van der Waals surface area contributed by atoms with Gasteiger partial charge in [-0.05, 0) is 36.6 Å². The van der Waals surface area contributed by atoms with Crippen molar-refractivity contribution in [1.82, 2.24) is 0 Å². The number of hydrogen-bond acceptors (Lipinski definition) is 1. The maximum atomic E-state index is 10.5. The summed E-state index contributed by atoms with van der Waals surface area (Å²) in [6.07, 6.45) is 1.90. The molecule has 1 N–H and O–H groups in total. The minimum atomic E-state index is -0.943. The van der Waals surface area contributed by atoms with Crippen molar-refractivity contribution in [3.05, 3.63) is 77.9 Å². The third kappa shape index (κ3) is 2.88. The first-order chi connectivity index (χ1) is 8.59. The highest BCUT2D eigenvalue weighted by atomic mass is 16.3. The van der Waals surface area contributed by atoms with Crippen LogP contribution in [-0.2, 0) is 5.60 Å². The van der Waals surface area contributed by atoms with E-state index >= 15 is 0 Å². The maximum Gasteiger partial charge on any atom is 0.105 e. The van der Waals surface area contributed by atoms with Crippen LogP contribution in [0.1, 0.15) is 25.0 Å².